The van der Waals surface area contributed by atoms with E-state index < -0.39 is 17.7 Å². The van der Waals surface area contributed by atoms with Gasteiger partial charge in [0, 0.05) is 25.1 Å². The first-order valence-electron chi connectivity index (χ1n) is 12.6. The van der Waals surface area contributed by atoms with Crippen LogP contribution in [0.15, 0.2) is 48.0 Å². The zero-order valence-corrected chi connectivity index (χ0v) is 21.8. The maximum absolute atomic E-state index is 13.3. The largest absolute Gasteiger partial charge is 0.507 e. The summed E-state index contributed by atoms with van der Waals surface area (Å²) in [4.78, 5) is 30.0. The summed E-state index contributed by atoms with van der Waals surface area (Å²) >= 11 is 0. The molecule has 1 saturated heterocycles. The van der Waals surface area contributed by atoms with Crippen LogP contribution in [0.1, 0.15) is 49.9 Å². The predicted octanol–water partition coefficient (Wildman–Crippen LogP) is 4.42. The van der Waals surface area contributed by atoms with Gasteiger partial charge in [0.1, 0.15) is 23.4 Å². The van der Waals surface area contributed by atoms with Gasteiger partial charge in [-0.05, 0) is 74.8 Å². The van der Waals surface area contributed by atoms with Crippen LogP contribution >= 0.6 is 0 Å². The van der Waals surface area contributed by atoms with Crippen molar-refractivity contribution in [1.82, 2.24) is 9.80 Å². The molecule has 36 heavy (non-hydrogen) atoms. The van der Waals surface area contributed by atoms with Crippen molar-refractivity contribution in [2.45, 2.75) is 45.8 Å². The lowest BCUT2D eigenvalue weighted by atomic mass is 9.94. The highest BCUT2D eigenvalue weighted by molar-refractivity contribution is 6.46. The van der Waals surface area contributed by atoms with Crippen molar-refractivity contribution < 1.29 is 24.2 Å². The standard InChI is InChI=1S/C29H36N2O5/c1-18(2)11-14-35-23-8-6-7-20(17-23)26-25(28(33)29(34)31(26)13-12-30(4)5)27(32)21-9-10-24-22(16-21)15-19(3)36-24/h6-10,16-19,26,32H,11-15H2,1-5H3. The van der Waals surface area contributed by atoms with Crippen LogP contribution in [-0.2, 0) is 16.0 Å². The summed E-state index contributed by atoms with van der Waals surface area (Å²) in [7, 11) is 3.84. The van der Waals surface area contributed by atoms with Gasteiger partial charge in [0.2, 0.25) is 0 Å². The molecule has 2 heterocycles. The van der Waals surface area contributed by atoms with E-state index in [4.69, 9.17) is 9.47 Å². The van der Waals surface area contributed by atoms with E-state index in [1.807, 2.05) is 62.3 Å². The third-order valence-corrected chi connectivity index (χ3v) is 6.64. The second-order valence-electron chi connectivity index (χ2n) is 10.4. The van der Waals surface area contributed by atoms with Crippen molar-refractivity contribution in [2.75, 3.05) is 33.8 Å². The minimum absolute atomic E-state index is 0.0624. The number of ether oxygens (including phenoxy) is 2. The molecule has 2 aliphatic heterocycles. The van der Waals surface area contributed by atoms with E-state index in [0.29, 0.717) is 36.9 Å². The molecule has 2 aromatic rings. The normalized spacial score (nSPS) is 20.8. The van der Waals surface area contributed by atoms with E-state index in [9.17, 15) is 14.7 Å². The van der Waals surface area contributed by atoms with E-state index >= 15 is 0 Å². The van der Waals surface area contributed by atoms with Crippen molar-refractivity contribution in [1.29, 1.82) is 0 Å². The fraction of sp³-hybridized carbons (Fsp3) is 0.448. The molecule has 192 valence electrons. The fourth-order valence-corrected chi connectivity index (χ4v) is 4.68. The Balaban J connectivity index is 1.75. The second kappa shape index (κ2) is 10.7. The van der Waals surface area contributed by atoms with Crippen LogP contribution in [0.25, 0.3) is 5.76 Å². The van der Waals surface area contributed by atoms with Crippen LogP contribution in [0.4, 0.5) is 0 Å². The minimum Gasteiger partial charge on any atom is -0.507 e. The van der Waals surface area contributed by atoms with Gasteiger partial charge >= 0.3 is 0 Å². The first-order valence-corrected chi connectivity index (χ1v) is 12.6. The van der Waals surface area contributed by atoms with Gasteiger partial charge in [-0.1, -0.05) is 26.0 Å². The highest BCUT2D eigenvalue weighted by atomic mass is 16.5. The summed E-state index contributed by atoms with van der Waals surface area (Å²) in [5.41, 5.74) is 2.32. The first kappa shape index (κ1) is 25.8. The van der Waals surface area contributed by atoms with E-state index in [1.165, 1.54) is 0 Å². The number of hydrogen-bond acceptors (Lipinski definition) is 6. The Labute approximate surface area is 213 Å². The molecule has 1 N–H and O–H groups in total. The zero-order chi connectivity index (χ0) is 26.0. The van der Waals surface area contributed by atoms with Gasteiger partial charge in [-0.3, -0.25) is 9.59 Å². The molecule has 2 atom stereocenters. The Bertz CT molecular complexity index is 1170. The molecule has 1 amide bonds. The highest BCUT2D eigenvalue weighted by Crippen LogP contribution is 2.41. The SMILES string of the molecule is CC(C)CCOc1cccc(C2C(=C(O)c3ccc4c(c3)CC(C)O4)C(=O)C(=O)N2CCN(C)C)c1. The Morgan fingerprint density at radius 2 is 1.97 bits per heavy atom. The van der Waals surface area contributed by atoms with Crippen molar-refractivity contribution in [3.63, 3.8) is 0 Å². The van der Waals surface area contributed by atoms with Gasteiger partial charge in [-0.25, -0.2) is 0 Å². The predicted molar refractivity (Wildman–Crippen MR) is 139 cm³/mol. The molecule has 2 aromatic carbocycles. The van der Waals surface area contributed by atoms with Gasteiger partial charge in [0.25, 0.3) is 11.7 Å². The molecule has 0 spiro atoms. The van der Waals surface area contributed by atoms with Gasteiger partial charge in [-0.2, -0.15) is 0 Å². The number of ketones is 1. The minimum atomic E-state index is -0.706. The highest BCUT2D eigenvalue weighted by Gasteiger charge is 2.46. The quantitative estimate of drug-likeness (QED) is 0.317. The first-order chi connectivity index (χ1) is 17.2. The van der Waals surface area contributed by atoms with E-state index in [1.54, 1.807) is 11.0 Å². The Morgan fingerprint density at radius 3 is 2.69 bits per heavy atom. The molecule has 0 radical (unpaired) electrons. The summed E-state index contributed by atoms with van der Waals surface area (Å²) in [6.07, 6.45) is 1.71. The van der Waals surface area contributed by atoms with Crippen LogP contribution in [0.5, 0.6) is 11.5 Å². The molecule has 4 rings (SSSR count). The van der Waals surface area contributed by atoms with Gasteiger partial charge < -0.3 is 24.4 Å². The number of likely N-dealkylation sites (tertiary alicyclic amines) is 1. The van der Waals surface area contributed by atoms with E-state index in [2.05, 4.69) is 13.8 Å². The third-order valence-electron chi connectivity index (χ3n) is 6.64. The third kappa shape index (κ3) is 5.41. The van der Waals surface area contributed by atoms with E-state index in [0.717, 1.165) is 29.7 Å². The zero-order valence-electron chi connectivity index (χ0n) is 21.8. The number of Topliss-reactive ketones (excluding diaryl/α,β-unsaturated/α-hetero) is 1. The van der Waals surface area contributed by atoms with Crippen molar-refractivity contribution in [3.05, 3.63) is 64.7 Å². The molecule has 2 unspecified atom stereocenters. The number of amides is 1. The number of hydrogen-bond donors (Lipinski definition) is 1. The second-order valence-corrected chi connectivity index (χ2v) is 10.4. The van der Waals surface area contributed by atoms with Crippen molar-refractivity contribution >= 4 is 17.4 Å². The Hall–Kier alpha value is -3.32. The molecular formula is C29H36N2O5. The number of rotatable bonds is 9. The fourth-order valence-electron chi connectivity index (χ4n) is 4.68. The molecule has 7 heteroatoms. The molecule has 0 aromatic heterocycles. The molecule has 7 nitrogen and oxygen atoms in total. The number of aliphatic hydroxyl groups excluding tert-OH is 1. The molecule has 0 saturated carbocycles. The molecule has 0 aliphatic carbocycles. The number of fused-ring (bicyclic) bond motifs is 1. The monoisotopic (exact) mass is 492 g/mol. The lowest BCUT2D eigenvalue weighted by Gasteiger charge is -2.27. The van der Waals surface area contributed by atoms with Gasteiger partial charge in [-0.15, -0.1) is 0 Å². The summed E-state index contributed by atoms with van der Waals surface area (Å²) in [5, 5.41) is 11.4. The van der Waals surface area contributed by atoms with Crippen molar-refractivity contribution in [2.24, 2.45) is 5.92 Å². The summed E-state index contributed by atoms with van der Waals surface area (Å²) in [6.45, 7) is 7.80. The number of carbonyl (C=O) groups is 2. The number of likely N-dealkylation sites (N-methyl/N-ethyl adjacent to an activating group) is 1. The maximum Gasteiger partial charge on any atom is 0.295 e. The van der Waals surface area contributed by atoms with Crippen molar-refractivity contribution in [3.8, 4) is 11.5 Å². The van der Waals surface area contributed by atoms with Crippen LogP contribution in [0, 0.1) is 5.92 Å². The topological polar surface area (TPSA) is 79.3 Å². The number of aliphatic hydroxyl groups is 1. The summed E-state index contributed by atoms with van der Waals surface area (Å²) in [6, 6.07) is 12.2. The Kier molecular flexibility index (Phi) is 7.69. The maximum atomic E-state index is 13.3. The van der Waals surface area contributed by atoms with Gasteiger partial charge in [0.05, 0.1) is 18.2 Å². The molecular weight excluding hydrogens is 456 g/mol. The van der Waals surface area contributed by atoms with Crippen LogP contribution < -0.4 is 9.47 Å². The molecule has 1 fully saturated rings. The van der Waals surface area contributed by atoms with Crippen LogP contribution in [0.2, 0.25) is 0 Å². The number of nitrogens with zero attached hydrogens (tertiary/aromatic N) is 2. The van der Waals surface area contributed by atoms with Crippen LogP contribution in [0.3, 0.4) is 0 Å². The molecule has 0 bridgehead atoms. The lowest BCUT2D eigenvalue weighted by Crippen LogP contribution is -2.35. The van der Waals surface area contributed by atoms with Gasteiger partial charge in [0.15, 0.2) is 0 Å². The molecule has 2 aliphatic rings. The lowest BCUT2D eigenvalue weighted by molar-refractivity contribution is -0.140. The van der Waals surface area contributed by atoms with Crippen LogP contribution in [-0.4, -0.2) is 66.5 Å². The summed E-state index contributed by atoms with van der Waals surface area (Å²) < 4.78 is 11.7. The smallest absolute Gasteiger partial charge is 0.295 e. The van der Waals surface area contributed by atoms with E-state index in [-0.39, 0.29) is 17.4 Å². The number of benzene rings is 2. The average molecular weight is 493 g/mol. The summed E-state index contributed by atoms with van der Waals surface area (Å²) in [5.74, 6) is 0.537. The number of carbonyl (C=O) groups excluding carboxylic acids is 2. The Morgan fingerprint density at radius 1 is 1.19 bits per heavy atom. The average Bonchev–Trinajstić information content (AvgIpc) is 3.32.